The molecule has 0 spiro atoms. The Hall–Kier alpha value is -2.38. The molecule has 1 saturated heterocycles. The second-order valence-corrected chi connectivity index (χ2v) is 9.95. The van der Waals surface area contributed by atoms with Crippen LogP contribution in [0.4, 0.5) is 4.39 Å². The summed E-state index contributed by atoms with van der Waals surface area (Å²) in [7, 11) is -3.17. The fourth-order valence-electron chi connectivity index (χ4n) is 3.68. The molecule has 1 aromatic heterocycles. The summed E-state index contributed by atoms with van der Waals surface area (Å²) >= 11 is 6.07. The van der Waals surface area contributed by atoms with Gasteiger partial charge in [0, 0.05) is 28.6 Å². The molecular weight excluding hydrogens is 417 g/mol. The van der Waals surface area contributed by atoms with Crippen molar-refractivity contribution in [3.05, 3.63) is 70.7 Å². The molecule has 0 saturated carbocycles. The number of fused-ring (bicyclic) bond motifs is 1. The number of hydrogen-bond donors (Lipinski definition) is 0. The van der Waals surface area contributed by atoms with Gasteiger partial charge < -0.3 is 9.32 Å². The van der Waals surface area contributed by atoms with Crippen LogP contribution in [-0.2, 0) is 27.6 Å². The number of sulfone groups is 1. The average molecular weight is 436 g/mol. The molecule has 4 rings (SSSR count). The normalized spacial score (nSPS) is 18.2. The molecule has 8 heteroatoms. The molecule has 1 unspecified atom stereocenters. The lowest BCUT2D eigenvalue weighted by molar-refractivity contribution is -0.133. The van der Waals surface area contributed by atoms with E-state index in [0.717, 1.165) is 10.9 Å². The van der Waals surface area contributed by atoms with Gasteiger partial charge in [0.15, 0.2) is 9.84 Å². The minimum atomic E-state index is -3.17. The minimum Gasteiger partial charge on any atom is -0.464 e. The van der Waals surface area contributed by atoms with Gasteiger partial charge in [0.1, 0.15) is 11.4 Å². The number of carbonyl (C=O) groups excluding carboxylic acids is 1. The van der Waals surface area contributed by atoms with Crippen LogP contribution in [-0.4, -0.2) is 36.8 Å². The van der Waals surface area contributed by atoms with Gasteiger partial charge in [-0.3, -0.25) is 4.79 Å². The van der Waals surface area contributed by atoms with Gasteiger partial charge in [0.25, 0.3) is 0 Å². The van der Waals surface area contributed by atoms with Gasteiger partial charge >= 0.3 is 0 Å². The SMILES string of the molecule is O=C(Cc1coc2ccc(Cl)cc12)N(Cc1ccc(F)cc1)C1CCS(=O)(=O)C1. The van der Waals surface area contributed by atoms with Crippen molar-refractivity contribution in [2.75, 3.05) is 11.5 Å². The number of amides is 1. The first-order valence-electron chi connectivity index (χ1n) is 9.21. The number of benzene rings is 2. The fourth-order valence-corrected chi connectivity index (χ4v) is 5.59. The Kier molecular flexibility index (Phi) is 5.36. The Balaban J connectivity index is 1.61. The number of carbonyl (C=O) groups is 1. The molecule has 1 atom stereocenters. The van der Waals surface area contributed by atoms with Gasteiger partial charge in [-0.2, -0.15) is 0 Å². The molecule has 1 aliphatic rings. The second kappa shape index (κ2) is 7.80. The molecule has 5 nitrogen and oxygen atoms in total. The van der Waals surface area contributed by atoms with E-state index in [1.165, 1.54) is 18.4 Å². The highest BCUT2D eigenvalue weighted by atomic mass is 35.5. The molecule has 0 N–H and O–H groups in total. The van der Waals surface area contributed by atoms with E-state index in [1.54, 1.807) is 35.2 Å². The Morgan fingerprint density at radius 1 is 1.21 bits per heavy atom. The molecular formula is C21H19ClFNO4S. The predicted octanol–water partition coefficient (Wildman–Crippen LogP) is 3.98. The maximum absolute atomic E-state index is 13.2. The van der Waals surface area contributed by atoms with Gasteiger partial charge in [-0.05, 0) is 42.3 Å². The number of furan rings is 1. The van der Waals surface area contributed by atoms with Crippen LogP contribution in [0.25, 0.3) is 11.0 Å². The summed E-state index contributed by atoms with van der Waals surface area (Å²) in [6.45, 7) is 0.218. The Morgan fingerprint density at radius 3 is 2.66 bits per heavy atom. The molecule has 1 amide bonds. The van der Waals surface area contributed by atoms with Crippen LogP contribution in [0.5, 0.6) is 0 Å². The van der Waals surface area contributed by atoms with Crippen molar-refractivity contribution in [2.24, 2.45) is 0 Å². The summed E-state index contributed by atoms with van der Waals surface area (Å²) in [5.41, 5.74) is 2.06. The second-order valence-electron chi connectivity index (χ2n) is 7.28. The van der Waals surface area contributed by atoms with Crippen LogP contribution in [0.15, 0.2) is 53.1 Å². The lowest BCUT2D eigenvalue weighted by Crippen LogP contribution is -2.41. The highest BCUT2D eigenvalue weighted by Crippen LogP contribution is 2.27. The van der Waals surface area contributed by atoms with E-state index in [-0.39, 0.29) is 36.2 Å². The molecule has 1 fully saturated rings. The van der Waals surface area contributed by atoms with Crippen LogP contribution in [0.2, 0.25) is 5.02 Å². The van der Waals surface area contributed by atoms with Crippen molar-refractivity contribution in [1.29, 1.82) is 0 Å². The predicted molar refractivity (Wildman–Crippen MR) is 109 cm³/mol. The number of halogens is 2. The van der Waals surface area contributed by atoms with Crippen molar-refractivity contribution in [1.82, 2.24) is 4.90 Å². The van der Waals surface area contributed by atoms with E-state index in [9.17, 15) is 17.6 Å². The first-order chi connectivity index (χ1) is 13.8. The van der Waals surface area contributed by atoms with E-state index in [1.807, 2.05) is 0 Å². The largest absolute Gasteiger partial charge is 0.464 e. The van der Waals surface area contributed by atoms with E-state index in [4.69, 9.17) is 16.0 Å². The van der Waals surface area contributed by atoms with E-state index < -0.39 is 15.9 Å². The van der Waals surface area contributed by atoms with Crippen molar-refractivity contribution < 1.29 is 22.0 Å². The monoisotopic (exact) mass is 435 g/mol. The fraction of sp³-hybridized carbons (Fsp3) is 0.286. The molecule has 1 aliphatic heterocycles. The van der Waals surface area contributed by atoms with E-state index >= 15 is 0 Å². The third-order valence-corrected chi connectivity index (χ3v) is 7.18. The number of nitrogens with zero attached hydrogens (tertiary/aromatic N) is 1. The van der Waals surface area contributed by atoms with Crippen LogP contribution in [0.1, 0.15) is 17.5 Å². The summed E-state index contributed by atoms with van der Waals surface area (Å²) in [5, 5.41) is 1.30. The molecule has 29 heavy (non-hydrogen) atoms. The molecule has 2 aromatic carbocycles. The quantitative estimate of drug-likeness (QED) is 0.607. The zero-order chi connectivity index (χ0) is 20.6. The van der Waals surface area contributed by atoms with Crippen molar-refractivity contribution >= 4 is 38.3 Å². The average Bonchev–Trinajstić information content (AvgIpc) is 3.23. The summed E-state index contributed by atoms with van der Waals surface area (Å²) in [5.74, 6) is -0.566. The van der Waals surface area contributed by atoms with Gasteiger partial charge in [-0.1, -0.05) is 23.7 Å². The topological polar surface area (TPSA) is 67.6 Å². The summed E-state index contributed by atoms with van der Waals surface area (Å²) in [4.78, 5) is 14.8. The molecule has 3 aromatic rings. The maximum Gasteiger partial charge on any atom is 0.227 e. The molecule has 2 heterocycles. The zero-order valence-electron chi connectivity index (χ0n) is 15.5. The maximum atomic E-state index is 13.2. The molecule has 152 valence electrons. The van der Waals surface area contributed by atoms with Crippen LogP contribution >= 0.6 is 11.6 Å². The van der Waals surface area contributed by atoms with Gasteiger partial charge in [-0.15, -0.1) is 0 Å². The van der Waals surface area contributed by atoms with Gasteiger partial charge in [0.05, 0.1) is 24.2 Å². The van der Waals surface area contributed by atoms with E-state index in [0.29, 0.717) is 22.6 Å². The third kappa shape index (κ3) is 4.46. The van der Waals surface area contributed by atoms with Crippen molar-refractivity contribution in [2.45, 2.75) is 25.4 Å². The summed E-state index contributed by atoms with van der Waals surface area (Å²) in [6, 6.07) is 10.7. The molecule has 0 bridgehead atoms. The summed E-state index contributed by atoms with van der Waals surface area (Å²) < 4.78 is 42.7. The van der Waals surface area contributed by atoms with Crippen LogP contribution in [0.3, 0.4) is 0 Å². The van der Waals surface area contributed by atoms with Crippen LogP contribution in [0, 0.1) is 5.82 Å². The number of hydrogen-bond acceptors (Lipinski definition) is 4. The third-order valence-electron chi connectivity index (χ3n) is 5.19. The van der Waals surface area contributed by atoms with Crippen molar-refractivity contribution in [3.63, 3.8) is 0 Å². The lowest BCUT2D eigenvalue weighted by Gasteiger charge is -2.28. The lowest BCUT2D eigenvalue weighted by atomic mass is 10.1. The highest BCUT2D eigenvalue weighted by Gasteiger charge is 2.34. The van der Waals surface area contributed by atoms with Crippen LogP contribution < -0.4 is 0 Å². The zero-order valence-corrected chi connectivity index (χ0v) is 17.0. The minimum absolute atomic E-state index is 0.0576. The standard InChI is InChI=1S/C21H19ClFNO4S/c22-16-3-6-20-19(10-16)15(12-28-20)9-21(25)24(18-7-8-29(26,27)13-18)11-14-1-4-17(23)5-2-14/h1-6,10,12,18H,7-9,11,13H2. The Bertz CT molecular complexity index is 1160. The first kappa shape index (κ1) is 19.9. The Morgan fingerprint density at radius 2 is 1.97 bits per heavy atom. The molecule has 0 radical (unpaired) electrons. The van der Waals surface area contributed by atoms with Gasteiger partial charge in [-0.25, -0.2) is 12.8 Å². The molecule has 0 aliphatic carbocycles. The smallest absolute Gasteiger partial charge is 0.227 e. The first-order valence-corrected chi connectivity index (χ1v) is 11.4. The van der Waals surface area contributed by atoms with E-state index in [2.05, 4.69) is 0 Å². The highest BCUT2D eigenvalue weighted by molar-refractivity contribution is 7.91. The van der Waals surface area contributed by atoms with Crippen molar-refractivity contribution in [3.8, 4) is 0 Å². The summed E-state index contributed by atoms with van der Waals surface area (Å²) in [6.07, 6.45) is 1.98. The number of rotatable bonds is 5. The Labute approximate surface area is 173 Å². The van der Waals surface area contributed by atoms with Gasteiger partial charge in [0.2, 0.25) is 5.91 Å².